The van der Waals surface area contributed by atoms with Crippen molar-refractivity contribution in [3.05, 3.63) is 52.9 Å². The molecule has 0 saturated carbocycles. The monoisotopic (exact) mass is 333 g/mol. The summed E-state index contributed by atoms with van der Waals surface area (Å²) in [5.41, 5.74) is 1.59. The maximum Gasteiger partial charge on any atom is 0.254 e. The predicted molar refractivity (Wildman–Crippen MR) is 86.4 cm³/mol. The Morgan fingerprint density at radius 3 is 3.00 bits per heavy atom. The van der Waals surface area contributed by atoms with Crippen LogP contribution in [0.4, 0.5) is 5.82 Å². The van der Waals surface area contributed by atoms with Crippen molar-refractivity contribution < 1.29 is 9.84 Å². The molecule has 0 unspecified atom stereocenters. The Hall–Kier alpha value is -2.22. The first kappa shape index (κ1) is 15.7. The maximum atomic E-state index is 9.74. The predicted octanol–water partition coefficient (Wildman–Crippen LogP) is 2.07. The molecule has 0 bridgehead atoms. The second kappa shape index (κ2) is 6.91. The van der Waals surface area contributed by atoms with Gasteiger partial charge in [-0.3, -0.25) is 0 Å². The number of aliphatic hydroxyl groups is 1. The molecule has 0 aliphatic heterocycles. The maximum absolute atomic E-state index is 9.74. The van der Waals surface area contributed by atoms with Gasteiger partial charge in [0.15, 0.2) is 0 Å². The number of rotatable bonds is 6. The Balaban J connectivity index is 1.96. The van der Waals surface area contributed by atoms with E-state index in [0.29, 0.717) is 23.2 Å². The second-order valence-electron chi connectivity index (χ2n) is 4.97. The van der Waals surface area contributed by atoms with Crippen LogP contribution in [-0.2, 0) is 11.3 Å². The molecule has 0 aliphatic carbocycles. The van der Waals surface area contributed by atoms with Gasteiger partial charge in [-0.15, -0.1) is 0 Å². The number of aliphatic hydroxyl groups excluding tert-OH is 1. The molecule has 0 saturated heterocycles. The van der Waals surface area contributed by atoms with Crippen LogP contribution < -0.4 is 5.32 Å². The number of nitrogens with zero attached hydrogens (tertiary/aromatic N) is 4. The van der Waals surface area contributed by atoms with E-state index in [1.807, 2.05) is 24.3 Å². The lowest BCUT2D eigenvalue weighted by molar-refractivity contribution is 0.181. The molecule has 23 heavy (non-hydrogen) atoms. The molecule has 1 aromatic carbocycles. The zero-order valence-electron chi connectivity index (χ0n) is 12.5. The van der Waals surface area contributed by atoms with Gasteiger partial charge in [0.1, 0.15) is 12.1 Å². The third-order valence-electron chi connectivity index (χ3n) is 3.35. The minimum atomic E-state index is -0.334. The number of anilines is 1. The highest BCUT2D eigenvalue weighted by molar-refractivity contribution is 6.30. The van der Waals surface area contributed by atoms with Gasteiger partial charge in [-0.25, -0.2) is 4.98 Å². The van der Waals surface area contributed by atoms with E-state index in [0.717, 1.165) is 11.3 Å². The van der Waals surface area contributed by atoms with Gasteiger partial charge in [-0.2, -0.15) is 14.6 Å². The summed E-state index contributed by atoms with van der Waals surface area (Å²) in [5.74, 6) is 1.13. The smallest absolute Gasteiger partial charge is 0.254 e. The summed E-state index contributed by atoms with van der Waals surface area (Å²) in [4.78, 5) is 8.45. The van der Waals surface area contributed by atoms with Gasteiger partial charge >= 0.3 is 0 Å². The summed E-state index contributed by atoms with van der Waals surface area (Å²) < 4.78 is 6.70. The van der Waals surface area contributed by atoms with E-state index < -0.39 is 0 Å². The fourth-order valence-electron chi connectivity index (χ4n) is 2.32. The zero-order chi connectivity index (χ0) is 16.2. The van der Waals surface area contributed by atoms with Gasteiger partial charge in [-0.05, 0) is 17.7 Å². The molecule has 0 spiro atoms. The zero-order valence-corrected chi connectivity index (χ0v) is 13.2. The third-order valence-corrected chi connectivity index (χ3v) is 3.59. The lowest BCUT2D eigenvalue weighted by atomic mass is 10.1. The minimum absolute atomic E-state index is 0.0987. The van der Waals surface area contributed by atoms with Crippen molar-refractivity contribution in [2.24, 2.45) is 0 Å². The van der Waals surface area contributed by atoms with E-state index in [4.69, 9.17) is 16.3 Å². The first-order valence-electron chi connectivity index (χ1n) is 7.02. The van der Waals surface area contributed by atoms with E-state index in [2.05, 4.69) is 20.4 Å². The summed E-state index contributed by atoms with van der Waals surface area (Å²) >= 11 is 6.03. The van der Waals surface area contributed by atoms with E-state index in [1.165, 1.54) is 6.33 Å². The lowest BCUT2D eigenvalue weighted by Gasteiger charge is -2.19. The Labute approximate surface area is 137 Å². The molecule has 0 radical (unpaired) electrons. The van der Waals surface area contributed by atoms with Crippen molar-refractivity contribution >= 4 is 23.2 Å². The molecule has 0 aliphatic rings. The molecule has 2 heterocycles. The lowest BCUT2D eigenvalue weighted by Crippen LogP contribution is -2.17. The Bertz CT molecular complexity index is 807. The summed E-state index contributed by atoms with van der Waals surface area (Å²) in [7, 11) is 1.60. The number of halogens is 1. The van der Waals surface area contributed by atoms with E-state index in [1.54, 1.807) is 17.7 Å². The SMILES string of the molecule is COCc1cc(N[C@@H](CO)c2cccc(Cl)c2)n2ncnc2n1. The van der Waals surface area contributed by atoms with Gasteiger partial charge in [0.2, 0.25) is 0 Å². The number of ether oxygens (including phenoxy) is 1. The van der Waals surface area contributed by atoms with Crippen LogP contribution >= 0.6 is 11.6 Å². The largest absolute Gasteiger partial charge is 0.394 e. The van der Waals surface area contributed by atoms with Crippen molar-refractivity contribution in [3.8, 4) is 0 Å². The van der Waals surface area contributed by atoms with Gasteiger partial charge in [0, 0.05) is 18.2 Å². The summed E-state index contributed by atoms with van der Waals surface area (Å²) in [5, 5.41) is 17.8. The van der Waals surface area contributed by atoms with Crippen molar-refractivity contribution in [2.45, 2.75) is 12.6 Å². The number of hydrogen-bond donors (Lipinski definition) is 2. The molecule has 3 aromatic rings. The topological polar surface area (TPSA) is 84.6 Å². The molecule has 2 aromatic heterocycles. The molecular weight excluding hydrogens is 318 g/mol. The number of hydrogen-bond acceptors (Lipinski definition) is 6. The average Bonchev–Trinajstić information content (AvgIpc) is 3.01. The highest BCUT2D eigenvalue weighted by Crippen LogP contribution is 2.22. The number of aromatic nitrogens is 4. The third kappa shape index (κ3) is 3.42. The van der Waals surface area contributed by atoms with Crippen LogP contribution in [0.15, 0.2) is 36.7 Å². The van der Waals surface area contributed by atoms with Crippen LogP contribution in [0.3, 0.4) is 0 Å². The molecule has 3 rings (SSSR count). The molecule has 120 valence electrons. The van der Waals surface area contributed by atoms with Gasteiger partial charge in [0.05, 0.1) is 24.9 Å². The number of nitrogens with one attached hydrogen (secondary N) is 1. The normalized spacial score (nSPS) is 12.5. The molecule has 0 fully saturated rings. The molecule has 2 N–H and O–H groups in total. The summed E-state index contributed by atoms with van der Waals surface area (Å²) in [6.45, 7) is 0.261. The fraction of sp³-hybridized carbons (Fsp3) is 0.267. The Kier molecular flexibility index (Phi) is 4.71. The Morgan fingerprint density at radius 2 is 2.26 bits per heavy atom. The Morgan fingerprint density at radius 1 is 1.39 bits per heavy atom. The van der Waals surface area contributed by atoms with Crippen LogP contribution in [-0.4, -0.2) is 38.4 Å². The number of methoxy groups -OCH3 is 1. The second-order valence-corrected chi connectivity index (χ2v) is 5.41. The molecular formula is C15H16ClN5O2. The van der Waals surface area contributed by atoms with Crippen LogP contribution in [0.1, 0.15) is 17.3 Å². The van der Waals surface area contributed by atoms with Crippen LogP contribution in [0.25, 0.3) is 5.78 Å². The van der Waals surface area contributed by atoms with Crippen LogP contribution in [0, 0.1) is 0 Å². The molecule has 0 amide bonds. The first-order chi connectivity index (χ1) is 11.2. The quantitative estimate of drug-likeness (QED) is 0.718. The number of benzene rings is 1. The summed E-state index contributed by atoms with van der Waals surface area (Å²) in [6.07, 6.45) is 1.43. The van der Waals surface area contributed by atoms with Gasteiger partial charge in [0.25, 0.3) is 5.78 Å². The first-order valence-corrected chi connectivity index (χ1v) is 7.40. The summed E-state index contributed by atoms with van der Waals surface area (Å²) in [6, 6.07) is 8.83. The average molecular weight is 334 g/mol. The van der Waals surface area contributed by atoms with Crippen molar-refractivity contribution in [3.63, 3.8) is 0 Å². The van der Waals surface area contributed by atoms with E-state index in [9.17, 15) is 5.11 Å². The van der Waals surface area contributed by atoms with Crippen molar-refractivity contribution in [2.75, 3.05) is 19.0 Å². The van der Waals surface area contributed by atoms with Crippen LogP contribution in [0.5, 0.6) is 0 Å². The highest BCUT2D eigenvalue weighted by Gasteiger charge is 2.14. The molecule has 7 nitrogen and oxygen atoms in total. The van der Waals surface area contributed by atoms with Crippen molar-refractivity contribution in [1.29, 1.82) is 0 Å². The van der Waals surface area contributed by atoms with Gasteiger partial charge < -0.3 is 15.2 Å². The standard InChI is InChI=1S/C15H16ClN5O2/c1-23-8-12-6-14(21-15(19-12)17-9-18-21)20-13(7-22)10-3-2-4-11(16)5-10/h2-6,9,13,20,22H,7-8H2,1H3/t13-/m0/s1. The van der Waals surface area contributed by atoms with Crippen molar-refractivity contribution in [1.82, 2.24) is 19.6 Å². The fourth-order valence-corrected chi connectivity index (χ4v) is 2.52. The van der Waals surface area contributed by atoms with Crippen LogP contribution in [0.2, 0.25) is 5.02 Å². The van der Waals surface area contributed by atoms with E-state index >= 15 is 0 Å². The minimum Gasteiger partial charge on any atom is -0.394 e. The number of fused-ring (bicyclic) bond motifs is 1. The van der Waals surface area contributed by atoms with E-state index in [-0.39, 0.29) is 12.6 Å². The molecule has 1 atom stereocenters. The highest BCUT2D eigenvalue weighted by atomic mass is 35.5. The van der Waals surface area contributed by atoms with Gasteiger partial charge in [-0.1, -0.05) is 23.7 Å². The molecule has 8 heteroatoms.